The third kappa shape index (κ3) is 1.55. The second kappa shape index (κ2) is 3.49. The zero-order valence-electron chi connectivity index (χ0n) is 9.19. The average Bonchev–Trinajstić information content (AvgIpc) is 2.87. The van der Waals surface area contributed by atoms with Gasteiger partial charge in [0.05, 0.1) is 23.8 Å². The monoisotopic (exact) mass is 218 g/mol. The van der Waals surface area contributed by atoms with Crippen LogP contribution in [0.15, 0.2) is 29.0 Å². The summed E-state index contributed by atoms with van der Waals surface area (Å²) in [6.07, 6.45) is 4.45. The molecule has 16 heavy (non-hydrogen) atoms. The summed E-state index contributed by atoms with van der Waals surface area (Å²) in [6.45, 7) is 3.69. The maximum absolute atomic E-state index is 5.41. The van der Waals surface area contributed by atoms with E-state index in [-0.39, 0.29) is 5.54 Å². The van der Waals surface area contributed by atoms with Crippen molar-refractivity contribution in [3.05, 3.63) is 24.6 Å². The van der Waals surface area contributed by atoms with Gasteiger partial charge in [0, 0.05) is 12.8 Å². The lowest BCUT2D eigenvalue weighted by Gasteiger charge is -2.24. The predicted octanol–water partition coefficient (Wildman–Crippen LogP) is 2.42. The van der Waals surface area contributed by atoms with E-state index in [1.54, 1.807) is 12.5 Å². The summed E-state index contributed by atoms with van der Waals surface area (Å²) in [7, 11) is 0. The Morgan fingerprint density at radius 1 is 1.44 bits per heavy atom. The van der Waals surface area contributed by atoms with Crippen LogP contribution >= 0.6 is 0 Å². The molecule has 2 aromatic heterocycles. The molecule has 2 aromatic rings. The zero-order chi connectivity index (χ0) is 11.0. The van der Waals surface area contributed by atoms with Crippen molar-refractivity contribution in [3.63, 3.8) is 0 Å². The first-order valence-electron chi connectivity index (χ1n) is 5.45. The second-order valence-corrected chi connectivity index (χ2v) is 4.48. The second-order valence-electron chi connectivity index (χ2n) is 4.48. The molecule has 0 saturated carbocycles. The zero-order valence-corrected chi connectivity index (χ0v) is 9.19. The molecule has 0 bridgehead atoms. The molecule has 4 heteroatoms. The number of nitrogens with zero attached hydrogens (tertiary/aromatic N) is 1. The number of hydrogen-bond donors (Lipinski definition) is 1. The van der Waals surface area contributed by atoms with Crippen LogP contribution in [0.25, 0.3) is 11.0 Å². The standard InChI is InChI=1S/C12H14N2O2/c1-12(4-7-15-8-12)14-11-9-3-6-16-10(9)2-5-13-11/h2-3,5-6H,4,7-8H2,1H3,(H,13,14). The van der Waals surface area contributed by atoms with Crippen molar-refractivity contribution in [2.75, 3.05) is 18.5 Å². The Morgan fingerprint density at radius 3 is 3.19 bits per heavy atom. The summed E-state index contributed by atoms with van der Waals surface area (Å²) in [4.78, 5) is 4.36. The Bertz CT molecular complexity index is 500. The number of hydrogen-bond acceptors (Lipinski definition) is 4. The minimum Gasteiger partial charge on any atom is -0.464 e. The molecule has 4 nitrogen and oxygen atoms in total. The van der Waals surface area contributed by atoms with E-state index in [1.165, 1.54) is 0 Å². The van der Waals surface area contributed by atoms with Crippen LogP contribution in [0.4, 0.5) is 5.82 Å². The number of pyridine rings is 1. The molecule has 1 fully saturated rings. The molecule has 1 N–H and O–H groups in total. The molecule has 3 heterocycles. The molecule has 0 aliphatic carbocycles. The fourth-order valence-electron chi connectivity index (χ4n) is 2.05. The van der Waals surface area contributed by atoms with E-state index in [9.17, 15) is 0 Å². The fraction of sp³-hybridized carbons (Fsp3) is 0.417. The minimum absolute atomic E-state index is 0.0153. The third-order valence-corrected chi connectivity index (χ3v) is 3.02. The highest BCUT2D eigenvalue weighted by Gasteiger charge is 2.30. The molecule has 1 aliphatic heterocycles. The van der Waals surface area contributed by atoms with Crippen LogP contribution in [0.2, 0.25) is 0 Å². The van der Waals surface area contributed by atoms with Gasteiger partial charge in [0.1, 0.15) is 11.4 Å². The van der Waals surface area contributed by atoms with Crippen molar-refractivity contribution in [1.82, 2.24) is 4.98 Å². The first-order chi connectivity index (χ1) is 7.77. The van der Waals surface area contributed by atoms with Gasteiger partial charge in [0.25, 0.3) is 0 Å². The fourth-order valence-corrected chi connectivity index (χ4v) is 2.05. The first-order valence-corrected chi connectivity index (χ1v) is 5.45. The summed E-state index contributed by atoms with van der Waals surface area (Å²) in [5.41, 5.74) is 0.846. The van der Waals surface area contributed by atoms with Crippen LogP contribution in [0.1, 0.15) is 13.3 Å². The van der Waals surface area contributed by atoms with Crippen LogP contribution in [0, 0.1) is 0 Å². The minimum atomic E-state index is -0.0153. The van der Waals surface area contributed by atoms with Gasteiger partial charge in [-0.2, -0.15) is 0 Å². The summed E-state index contributed by atoms with van der Waals surface area (Å²) < 4.78 is 10.8. The Morgan fingerprint density at radius 2 is 2.38 bits per heavy atom. The molecule has 1 saturated heterocycles. The van der Waals surface area contributed by atoms with E-state index < -0.39 is 0 Å². The highest BCUT2D eigenvalue weighted by Crippen LogP contribution is 2.28. The summed E-state index contributed by atoms with van der Waals surface area (Å²) in [5.74, 6) is 0.874. The normalized spacial score (nSPS) is 25.1. The van der Waals surface area contributed by atoms with Crippen molar-refractivity contribution < 1.29 is 9.15 Å². The van der Waals surface area contributed by atoms with Gasteiger partial charge >= 0.3 is 0 Å². The number of nitrogens with one attached hydrogen (secondary N) is 1. The lowest BCUT2D eigenvalue weighted by Crippen LogP contribution is -2.35. The highest BCUT2D eigenvalue weighted by molar-refractivity contribution is 5.88. The van der Waals surface area contributed by atoms with E-state index in [0.717, 1.165) is 36.4 Å². The molecule has 3 rings (SSSR count). The number of anilines is 1. The Hall–Kier alpha value is -1.55. The van der Waals surface area contributed by atoms with Gasteiger partial charge in [-0.15, -0.1) is 0 Å². The topological polar surface area (TPSA) is 47.3 Å². The number of rotatable bonds is 2. The van der Waals surface area contributed by atoms with Gasteiger partial charge in [-0.05, 0) is 25.5 Å². The quantitative estimate of drug-likeness (QED) is 0.840. The molecule has 0 radical (unpaired) electrons. The van der Waals surface area contributed by atoms with Gasteiger partial charge in [-0.1, -0.05) is 0 Å². The number of ether oxygens (including phenoxy) is 1. The maximum Gasteiger partial charge on any atom is 0.139 e. The molecule has 84 valence electrons. The maximum atomic E-state index is 5.41. The molecule has 1 aliphatic rings. The summed E-state index contributed by atoms with van der Waals surface area (Å²) in [6, 6.07) is 3.80. The van der Waals surface area contributed by atoms with Crippen LogP contribution in [-0.2, 0) is 4.74 Å². The van der Waals surface area contributed by atoms with Crippen molar-refractivity contribution in [2.24, 2.45) is 0 Å². The van der Waals surface area contributed by atoms with Gasteiger partial charge < -0.3 is 14.5 Å². The van der Waals surface area contributed by atoms with E-state index in [0.29, 0.717) is 0 Å². The molecule has 0 aromatic carbocycles. The Balaban J connectivity index is 1.96. The smallest absolute Gasteiger partial charge is 0.139 e. The average molecular weight is 218 g/mol. The Labute approximate surface area is 93.6 Å². The van der Waals surface area contributed by atoms with Gasteiger partial charge in [0.15, 0.2) is 0 Å². The van der Waals surface area contributed by atoms with Crippen LogP contribution in [0.3, 0.4) is 0 Å². The first kappa shape index (κ1) is 9.66. The van der Waals surface area contributed by atoms with Crippen LogP contribution < -0.4 is 5.32 Å². The summed E-state index contributed by atoms with van der Waals surface area (Å²) in [5, 5.41) is 4.47. The predicted molar refractivity (Wildman–Crippen MR) is 61.5 cm³/mol. The van der Waals surface area contributed by atoms with E-state index in [2.05, 4.69) is 17.2 Å². The molecule has 1 unspecified atom stereocenters. The molecule has 0 amide bonds. The number of fused-ring (bicyclic) bond motifs is 1. The third-order valence-electron chi connectivity index (χ3n) is 3.02. The van der Waals surface area contributed by atoms with Gasteiger partial charge in [-0.25, -0.2) is 4.98 Å². The van der Waals surface area contributed by atoms with E-state index in [4.69, 9.17) is 9.15 Å². The Kier molecular flexibility index (Phi) is 2.11. The molecule has 1 atom stereocenters. The summed E-state index contributed by atoms with van der Waals surface area (Å²) >= 11 is 0. The van der Waals surface area contributed by atoms with E-state index >= 15 is 0 Å². The van der Waals surface area contributed by atoms with Crippen molar-refractivity contribution in [3.8, 4) is 0 Å². The lowest BCUT2D eigenvalue weighted by atomic mass is 10.0. The van der Waals surface area contributed by atoms with Crippen molar-refractivity contribution in [2.45, 2.75) is 18.9 Å². The van der Waals surface area contributed by atoms with Crippen molar-refractivity contribution in [1.29, 1.82) is 0 Å². The van der Waals surface area contributed by atoms with Crippen LogP contribution in [0.5, 0.6) is 0 Å². The van der Waals surface area contributed by atoms with E-state index in [1.807, 2.05) is 12.1 Å². The SMILES string of the molecule is CC1(Nc2nccc3occc23)CCOC1. The number of aromatic nitrogens is 1. The van der Waals surface area contributed by atoms with Crippen LogP contribution in [-0.4, -0.2) is 23.7 Å². The molecule has 0 spiro atoms. The van der Waals surface area contributed by atoms with Crippen molar-refractivity contribution >= 4 is 16.8 Å². The number of furan rings is 1. The largest absolute Gasteiger partial charge is 0.464 e. The lowest BCUT2D eigenvalue weighted by molar-refractivity contribution is 0.185. The van der Waals surface area contributed by atoms with Gasteiger partial charge in [-0.3, -0.25) is 0 Å². The molecular weight excluding hydrogens is 204 g/mol. The molecular formula is C12H14N2O2. The van der Waals surface area contributed by atoms with Gasteiger partial charge in [0.2, 0.25) is 0 Å². The highest BCUT2D eigenvalue weighted by atomic mass is 16.5.